The molecule has 0 unspecified atom stereocenters. The van der Waals surface area contributed by atoms with Crippen molar-refractivity contribution in [3.63, 3.8) is 0 Å². The first-order chi connectivity index (χ1) is 6.36. The Labute approximate surface area is 76.6 Å². The van der Waals surface area contributed by atoms with Crippen molar-refractivity contribution < 1.29 is 22.0 Å². The Balaban J connectivity index is 3.32. The minimum absolute atomic E-state index is 0.0187. The van der Waals surface area contributed by atoms with Gasteiger partial charge in [0, 0.05) is 6.07 Å². The Bertz CT molecular complexity index is 344. The molecule has 0 bridgehead atoms. The number of alkyl halides is 3. The van der Waals surface area contributed by atoms with Crippen LogP contribution in [-0.2, 0) is 12.6 Å². The molecule has 1 aromatic rings. The third-order valence-electron chi connectivity index (χ3n) is 1.61. The molecule has 0 aliphatic carbocycles. The van der Waals surface area contributed by atoms with Crippen molar-refractivity contribution in [3.8, 4) is 0 Å². The molecular formula is C8H6F5N. The number of aromatic nitrogens is 1. The smallest absolute Gasteiger partial charge is 0.242 e. The van der Waals surface area contributed by atoms with Gasteiger partial charge in [-0.2, -0.15) is 13.2 Å². The van der Waals surface area contributed by atoms with Crippen LogP contribution in [0.2, 0.25) is 0 Å². The monoisotopic (exact) mass is 211 g/mol. The molecule has 0 N–H and O–H groups in total. The predicted molar refractivity (Wildman–Crippen MR) is 38.5 cm³/mol. The molecule has 1 rings (SSSR count). The fourth-order valence-electron chi connectivity index (χ4n) is 0.951. The molecule has 0 aliphatic rings. The van der Waals surface area contributed by atoms with Crippen LogP contribution < -0.4 is 0 Å². The standard InChI is InChI=1S/C8H6F5N/c1-2-6-4(9)3-5(10)7(14-6)8(11,12)13/h3H,2H2,1H3. The normalized spacial score (nSPS) is 11.9. The lowest BCUT2D eigenvalue weighted by Gasteiger charge is -2.08. The van der Waals surface area contributed by atoms with E-state index in [0.29, 0.717) is 0 Å². The summed E-state index contributed by atoms with van der Waals surface area (Å²) in [5, 5.41) is 0. The van der Waals surface area contributed by atoms with Gasteiger partial charge in [-0.25, -0.2) is 13.8 Å². The molecule has 0 spiro atoms. The summed E-state index contributed by atoms with van der Waals surface area (Å²) in [7, 11) is 0. The van der Waals surface area contributed by atoms with Gasteiger partial charge in [0.05, 0.1) is 5.69 Å². The zero-order valence-electron chi connectivity index (χ0n) is 7.12. The van der Waals surface area contributed by atoms with Crippen molar-refractivity contribution >= 4 is 0 Å². The molecule has 6 heteroatoms. The molecule has 0 aromatic carbocycles. The van der Waals surface area contributed by atoms with Gasteiger partial charge in [-0.05, 0) is 6.42 Å². The van der Waals surface area contributed by atoms with Crippen LogP contribution in [0.15, 0.2) is 6.07 Å². The van der Waals surface area contributed by atoms with Gasteiger partial charge in [0.2, 0.25) is 0 Å². The molecule has 0 radical (unpaired) electrons. The third kappa shape index (κ3) is 2.00. The largest absolute Gasteiger partial charge is 0.436 e. The van der Waals surface area contributed by atoms with Gasteiger partial charge in [-0.3, -0.25) is 0 Å². The van der Waals surface area contributed by atoms with E-state index in [9.17, 15) is 22.0 Å². The number of hydrogen-bond acceptors (Lipinski definition) is 1. The van der Waals surface area contributed by atoms with Gasteiger partial charge in [-0.15, -0.1) is 0 Å². The van der Waals surface area contributed by atoms with E-state index in [-0.39, 0.29) is 12.5 Å². The molecular weight excluding hydrogens is 205 g/mol. The lowest BCUT2D eigenvalue weighted by atomic mass is 10.2. The average molecular weight is 211 g/mol. The van der Waals surface area contributed by atoms with Crippen LogP contribution in [0.4, 0.5) is 22.0 Å². The van der Waals surface area contributed by atoms with Crippen molar-refractivity contribution in [1.82, 2.24) is 4.98 Å². The Kier molecular flexibility index (Phi) is 2.73. The lowest BCUT2D eigenvalue weighted by molar-refractivity contribution is -0.143. The molecule has 1 nitrogen and oxygen atoms in total. The minimum atomic E-state index is -4.89. The highest BCUT2D eigenvalue weighted by atomic mass is 19.4. The topological polar surface area (TPSA) is 12.9 Å². The van der Waals surface area contributed by atoms with E-state index in [4.69, 9.17) is 0 Å². The number of hydrogen-bond donors (Lipinski definition) is 0. The van der Waals surface area contributed by atoms with Crippen molar-refractivity contribution in [1.29, 1.82) is 0 Å². The molecule has 0 saturated carbocycles. The van der Waals surface area contributed by atoms with E-state index in [2.05, 4.69) is 4.98 Å². The van der Waals surface area contributed by atoms with Crippen molar-refractivity contribution in [2.24, 2.45) is 0 Å². The number of pyridine rings is 1. The van der Waals surface area contributed by atoms with Crippen LogP contribution in [0.3, 0.4) is 0 Å². The quantitative estimate of drug-likeness (QED) is 0.651. The van der Waals surface area contributed by atoms with Gasteiger partial charge >= 0.3 is 6.18 Å². The molecule has 0 atom stereocenters. The van der Waals surface area contributed by atoms with Crippen LogP contribution in [0.1, 0.15) is 18.3 Å². The van der Waals surface area contributed by atoms with Crippen molar-refractivity contribution in [2.45, 2.75) is 19.5 Å². The van der Waals surface area contributed by atoms with Crippen molar-refractivity contribution in [3.05, 3.63) is 29.1 Å². The molecule has 0 fully saturated rings. The molecule has 0 saturated heterocycles. The maximum absolute atomic E-state index is 12.7. The van der Waals surface area contributed by atoms with Crippen LogP contribution in [0.5, 0.6) is 0 Å². The van der Waals surface area contributed by atoms with E-state index in [1.54, 1.807) is 0 Å². The maximum Gasteiger partial charge on any atom is 0.436 e. The second-order valence-electron chi connectivity index (χ2n) is 2.60. The Morgan fingerprint density at radius 1 is 1.21 bits per heavy atom. The van der Waals surface area contributed by atoms with Gasteiger partial charge < -0.3 is 0 Å². The number of halogens is 5. The summed E-state index contributed by atoms with van der Waals surface area (Å²) in [6, 6.07) is 0.203. The van der Waals surface area contributed by atoms with Crippen LogP contribution >= 0.6 is 0 Å². The van der Waals surface area contributed by atoms with Crippen LogP contribution in [0.25, 0.3) is 0 Å². The summed E-state index contributed by atoms with van der Waals surface area (Å²) in [6.45, 7) is 1.43. The van der Waals surface area contributed by atoms with E-state index in [0.717, 1.165) is 0 Å². The van der Waals surface area contributed by atoms with Gasteiger partial charge in [0.25, 0.3) is 0 Å². The van der Waals surface area contributed by atoms with Crippen molar-refractivity contribution in [2.75, 3.05) is 0 Å². The van der Waals surface area contributed by atoms with E-state index in [1.807, 2.05) is 0 Å². The number of rotatable bonds is 1. The molecule has 1 aromatic heterocycles. The second kappa shape index (κ2) is 3.51. The zero-order chi connectivity index (χ0) is 10.9. The summed E-state index contributed by atoms with van der Waals surface area (Å²) in [5.74, 6) is -2.75. The summed E-state index contributed by atoms with van der Waals surface area (Å²) in [6.07, 6.45) is -4.91. The maximum atomic E-state index is 12.7. The van der Waals surface area contributed by atoms with E-state index < -0.39 is 29.2 Å². The molecule has 1 heterocycles. The number of nitrogens with zero attached hydrogens (tertiary/aromatic N) is 1. The number of aryl methyl sites for hydroxylation is 1. The molecule has 0 amide bonds. The molecule has 78 valence electrons. The van der Waals surface area contributed by atoms with Crippen LogP contribution in [0, 0.1) is 11.6 Å². The highest BCUT2D eigenvalue weighted by Gasteiger charge is 2.36. The average Bonchev–Trinajstić information content (AvgIpc) is 2.02. The van der Waals surface area contributed by atoms with E-state index in [1.165, 1.54) is 6.92 Å². The highest BCUT2D eigenvalue weighted by Crippen LogP contribution is 2.30. The molecule has 0 aliphatic heterocycles. The second-order valence-corrected chi connectivity index (χ2v) is 2.60. The lowest BCUT2D eigenvalue weighted by Crippen LogP contribution is -2.13. The fraction of sp³-hybridized carbons (Fsp3) is 0.375. The van der Waals surface area contributed by atoms with Crippen LogP contribution in [-0.4, -0.2) is 4.98 Å². The Morgan fingerprint density at radius 3 is 2.21 bits per heavy atom. The SMILES string of the molecule is CCc1nc(C(F)(F)F)c(F)cc1F. The first-order valence-corrected chi connectivity index (χ1v) is 3.78. The first kappa shape index (κ1) is 10.9. The summed E-state index contributed by atoms with van der Waals surface area (Å²) >= 11 is 0. The Morgan fingerprint density at radius 2 is 1.79 bits per heavy atom. The first-order valence-electron chi connectivity index (χ1n) is 3.78. The highest BCUT2D eigenvalue weighted by molar-refractivity contribution is 5.17. The predicted octanol–water partition coefficient (Wildman–Crippen LogP) is 2.94. The van der Waals surface area contributed by atoms with Gasteiger partial charge in [0.15, 0.2) is 11.5 Å². The zero-order valence-corrected chi connectivity index (χ0v) is 7.12. The minimum Gasteiger partial charge on any atom is -0.242 e. The summed E-state index contributed by atoms with van der Waals surface area (Å²) in [4.78, 5) is 2.89. The molecule has 14 heavy (non-hydrogen) atoms. The summed E-state index contributed by atoms with van der Waals surface area (Å²) in [5.41, 5.74) is -2.06. The van der Waals surface area contributed by atoms with Gasteiger partial charge in [-0.1, -0.05) is 6.92 Å². The third-order valence-corrected chi connectivity index (χ3v) is 1.61. The van der Waals surface area contributed by atoms with E-state index >= 15 is 0 Å². The Hall–Kier alpha value is -1.20. The fourth-order valence-corrected chi connectivity index (χ4v) is 0.951. The summed E-state index contributed by atoms with van der Waals surface area (Å²) < 4.78 is 61.6. The van der Waals surface area contributed by atoms with Gasteiger partial charge in [0.1, 0.15) is 5.82 Å².